The molecule has 1 aromatic rings. The highest BCUT2D eigenvalue weighted by Gasteiger charge is 2.19. The predicted octanol–water partition coefficient (Wildman–Crippen LogP) is 1.84. The fourth-order valence-electron chi connectivity index (χ4n) is 2.38. The van der Waals surface area contributed by atoms with Gasteiger partial charge in [-0.25, -0.2) is 4.79 Å². The van der Waals surface area contributed by atoms with Gasteiger partial charge in [-0.05, 0) is 49.6 Å². The van der Waals surface area contributed by atoms with E-state index in [1.165, 1.54) is 31.1 Å². The number of fused-ring (bicyclic) bond motifs is 1. The molecule has 0 radical (unpaired) electrons. The average Bonchev–Trinajstić information content (AvgIpc) is 2.43. The first-order valence-electron chi connectivity index (χ1n) is 6.24. The largest absolute Gasteiger partial charge is 0.482 e. The van der Waals surface area contributed by atoms with Crippen LogP contribution >= 0.6 is 0 Å². The Hall–Kier alpha value is -1.55. The van der Waals surface area contributed by atoms with Gasteiger partial charge in [-0.15, -0.1) is 0 Å². The third-order valence-electron chi connectivity index (χ3n) is 3.36. The van der Waals surface area contributed by atoms with Crippen molar-refractivity contribution in [3.8, 4) is 5.75 Å². The van der Waals surface area contributed by atoms with Crippen LogP contribution in [-0.4, -0.2) is 26.7 Å². The van der Waals surface area contributed by atoms with Crippen LogP contribution in [0.25, 0.3) is 0 Å². The Morgan fingerprint density at radius 3 is 3.06 bits per heavy atom. The molecule has 1 aliphatic carbocycles. The van der Waals surface area contributed by atoms with Crippen molar-refractivity contribution in [2.45, 2.75) is 25.3 Å². The van der Waals surface area contributed by atoms with Crippen molar-refractivity contribution in [1.82, 2.24) is 5.32 Å². The van der Waals surface area contributed by atoms with Gasteiger partial charge in [0.2, 0.25) is 0 Å². The van der Waals surface area contributed by atoms with E-state index >= 15 is 0 Å². The summed E-state index contributed by atoms with van der Waals surface area (Å²) in [6, 6.07) is 6.46. The second-order valence-corrected chi connectivity index (χ2v) is 4.46. The highest BCUT2D eigenvalue weighted by atomic mass is 16.6. The monoisotopic (exact) mass is 249 g/mol. The number of rotatable bonds is 4. The Kier molecular flexibility index (Phi) is 4.20. The lowest BCUT2D eigenvalue weighted by Crippen LogP contribution is -2.21. The van der Waals surface area contributed by atoms with Crippen molar-refractivity contribution in [2.24, 2.45) is 0 Å². The first-order chi connectivity index (χ1) is 8.74. The van der Waals surface area contributed by atoms with Crippen LogP contribution in [0.4, 0.5) is 0 Å². The van der Waals surface area contributed by atoms with Crippen molar-refractivity contribution < 1.29 is 14.3 Å². The van der Waals surface area contributed by atoms with Crippen molar-refractivity contribution >= 4 is 5.97 Å². The number of ether oxygens (including phenoxy) is 2. The summed E-state index contributed by atoms with van der Waals surface area (Å²) in [5, 5.41) is 3.32. The Bertz CT molecular complexity index is 431. The van der Waals surface area contributed by atoms with Gasteiger partial charge < -0.3 is 14.8 Å². The molecular weight excluding hydrogens is 230 g/mol. The first kappa shape index (κ1) is 12.9. The maximum absolute atomic E-state index is 11.0. The molecule has 1 atom stereocenters. The van der Waals surface area contributed by atoms with Crippen LogP contribution in [0.5, 0.6) is 5.75 Å². The molecule has 0 fully saturated rings. The van der Waals surface area contributed by atoms with Gasteiger partial charge in [-0.3, -0.25) is 0 Å². The van der Waals surface area contributed by atoms with E-state index in [0.717, 1.165) is 12.2 Å². The van der Waals surface area contributed by atoms with Crippen LogP contribution in [0, 0.1) is 0 Å². The van der Waals surface area contributed by atoms with Crippen LogP contribution in [0.3, 0.4) is 0 Å². The number of aryl methyl sites for hydroxylation is 1. The lowest BCUT2D eigenvalue weighted by Gasteiger charge is -2.25. The third kappa shape index (κ3) is 2.82. The number of hydrogen-bond donors (Lipinski definition) is 1. The predicted molar refractivity (Wildman–Crippen MR) is 68.7 cm³/mol. The zero-order chi connectivity index (χ0) is 13.0. The smallest absolute Gasteiger partial charge is 0.343 e. The third-order valence-corrected chi connectivity index (χ3v) is 3.36. The molecule has 0 saturated carbocycles. The molecule has 1 unspecified atom stereocenters. The number of carbonyl (C=O) groups excluding carboxylic acids is 1. The Labute approximate surface area is 107 Å². The molecular formula is C14H19NO3. The van der Waals surface area contributed by atoms with Gasteiger partial charge in [-0.1, -0.05) is 6.07 Å². The van der Waals surface area contributed by atoms with E-state index in [4.69, 9.17) is 4.74 Å². The maximum Gasteiger partial charge on any atom is 0.343 e. The van der Waals surface area contributed by atoms with E-state index in [9.17, 15) is 4.79 Å². The quantitative estimate of drug-likeness (QED) is 0.827. The second-order valence-electron chi connectivity index (χ2n) is 4.46. The molecule has 18 heavy (non-hydrogen) atoms. The lowest BCUT2D eigenvalue weighted by molar-refractivity contribution is -0.142. The van der Waals surface area contributed by atoms with Gasteiger partial charge in [0.25, 0.3) is 0 Å². The number of benzene rings is 1. The SMILES string of the molecule is CNC1CCCc2cc(OCC(=O)OC)ccc21. The lowest BCUT2D eigenvalue weighted by atomic mass is 9.87. The maximum atomic E-state index is 11.0. The fraction of sp³-hybridized carbons (Fsp3) is 0.500. The first-order valence-corrected chi connectivity index (χ1v) is 6.24. The number of hydrogen-bond acceptors (Lipinski definition) is 4. The normalized spacial score (nSPS) is 18.0. The Morgan fingerprint density at radius 1 is 1.50 bits per heavy atom. The van der Waals surface area contributed by atoms with E-state index in [1.807, 2.05) is 19.2 Å². The highest BCUT2D eigenvalue weighted by molar-refractivity contribution is 5.70. The van der Waals surface area contributed by atoms with Gasteiger partial charge in [0.05, 0.1) is 7.11 Å². The summed E-state index contributed by atoms with van der Waals surface area (Å²) in [5.74, 6) is 0.372. The topological polar surface area (TPSA) is 47.6 Å². The summed E-state index contributed by atoms with van der Waals surface area (Å²) in [5.41, 5.74) is 2.65. The molecule has 4 heteroatoms. The molecule has 4 nitrogen and oxygen atoms in total. The molecule has 0 spiro atoms. The number of carbonyl (C=O) groups is 1. The van der Waals surface area contributed by atoms with Gasteiger partial charge in [-0.2, -0.15) is 0 Å². The number of nitrogens with one attached hydrogen (secondary N) is 1. The second kappa shape index (κ2) is 5.87. The molecule has 98 valence electrons. The fourth-order valence-corrected chi connectivity index (χ4v) is 2.38. The molecule has 0 amide bonds. The van der Waals surface area contributed by atoms with Crippen molar-refractivity contribution in [2.75, 3.05) is 20.8 Å². The van der Waals surface area contributed by atoms with E-state index in [-0.39, 0.29) is 12.6 Å². The summed E-state index contributed by atoms with van der Waals surface area (Å²) in [4.78, 5) is 11.0. The van der Waals surface area contributed by atoms with E-state index in [2.05, 4.69) is 16.1 Å². The molecule has 1 N–H and O–H groups in total. The Balaban J connectivity index is 2.09. The van der Waals surface area contributed by atoms with Gasteiger partial charge >= 0.3 is 5.97 Å². The molecule has 0 bridgehead atoms. The average molecular weight is 249 g/mol. The van der Waals surface area contributed by atoms with Crippen LogP contribution in [0.1, 0.15) is 30.0 Å². The molecule has 0 heterocycles. The van der Waals surface area contributed by atoms with Crippen molar-refractivity contribution in [3.05, 3.63) is 29.3 Å². The minimum atomic E-state index is -0.360. The minimum absolute atomic E-state index is 0.0370. The van der Waals surface area contributed by atoms with Crippen LogP contribution in [-0.2, 0) is 16.0 Å². The summed E-state index contributed by atoms with van der Waals surface area (Å²) < 4.78 is 9.94. The molecule has 0 saturated heterocycles. The van der Waals surface area contributed by atoms with E-state index in [0.29, 0.717) is 6.04 Å². The molecule has 0 aliphatic heterocycles. The highest BCUT2D eigenvalue weighted by Crippen LogP contribution is 2.31. The van der Waals surface area contributed by atoms with Crippen LogP contribution < -0.4 is 10.1 Å². The van der Waals surface area contributed by atoms with Gasteiger partial charge in [0, 0.05) is 6.04 Å². The summed E-state index contributed by atoms with van der Waals surface area (Å²) in [7, 11) is 3.34. The van der Waals surface area contributed by atoms with Crippen molar-refractivity contribution in [3.63, 3.8) is 0 Å². The van der Waals surface area contributed by atoms with Crippen LogP contribution in [0.2, 0.25) is 0 Å². The summed E-state index contributed by atoms with van der Waals surface area (Å²) >= 11 is 0. The molecule has 1 aromatic carbocycles. The van der Waals surface area contributed by atoms with Crippen molar-refractivity contribution in [1.29, 1.82) is 0 Å². The zero-order valence-corrected chi connectivity index (χ0v) is 10.9. The Morgan fingerprint density at radius 2 is 2.33 bits per heavy atom. The minimum Gasteiger partial charge on any atom is -0.482 e. The number of methoxy groups -OCH3 is 1. The molecule has 0 aromatic heterocycles. The summed E-state index contributed by atoms with van der Waals surface area (Å²) in [6.07, 6.45) is 3.42. The summed E-state index contributed by atoms with van der Waals surface area (Å²) in [6.45, 7) is -0.0370. The van der Waals surface area contributed by atoms with Gasteiger partial charge in [0.15, 0.2) is 6.61 Å². The van der Waals surface area contributed by atoms with E-state index in [1.54, 1.807) is 0 Å². The van der Waals surface area contributed by atoms with Gasteiger partial charge in [0.1, 0.15) is 5.75 Å². The number of esters is 1. The zero-order valence-electron chi connectivity index (χ0n) is 10.9. The van der Waals surface area contributed by atoms with Crippen LogP contribution in [0.15, 0.2) is 18.2 Å². The van der Waals surface area contributed by atoms with E-state index < -0.39 is 0 Å². The molecule has 2 rings (SSSR count). The standard InChI is InChI=1S/C14H19NO3/c1-15-13-5-3-4-10-8-11(6-7-12(10)13)18-9-14(16)17-2/h6-8,13,15H,3-5,9H2,1-2H3. The molecule has 1 aliphatic rings.